The van der Waals surface area contributed by atoms with Crippen LogP contribution in [-0.2, 0) is 22.6 Å². The van der Waals surface area contributed by atoms with Crippen molar-refractivity contribution in [3.05, 3.63) is 17.0 Å². The molecule has 1 fully saturated rings. The zero-order chi connectivity index (χ0) is 17.9. The van der Waals surface area contributed by atoms with Crippen molar-refractivity contribution in [3.8, 4) is 0 Å². The van der Waals surface area contributed by atoms with Gasteiger partial charge in [0.2, 0.25) is 5.91 Å². The van der Waals surface area contributed by atoms with E-state index in [1.807, 2.05) is 18.5 Å². The summed E-state index contributed by atoms with van der Waals surface area (Å²) in [5.41, 5.74) is 1.61. The number of carbonyl (C=O) groups is 2. The molecule has 2 rings (SSSR count). The van der Waals surface area contributed by atoms with Crippen LogP contribution in [0.4, 0.5) is 0 Å². The number of carboxylic acids is 1. The maximum absolute atomic E-state index is 12.5. The van der Waals surface area contributed by atoms with E-state index in [4.69, 9.17) is 0 Å². The van der Waals surface area contributed by atoms with E-state index >= 15 is 0 Å². The van der Waals surface area contributed by atoms with Gasteiger partial charge in [0, 0.05) is 17.8 Å². The van der Waals surface area contributed by atoms with Crippen molar-refractivity contribution in [2.75, 3.05) is 11.5 Å². The van der Waals surface area contributed by atoms with Crippen LogP contribution < -0.4 is 5.32 Å². The van der Waals surface area contributed by atoms with Crippen LogP contribution >= 0.6 is 11.8 Å². The van der Waals surface area contributed by atoms with Crippen molar-refractivity contribution in [2.24, 2.45) is 5.92 Å². The molecule has 1 amide bonds. The summed E-state index contributed by atoms with van der Waals surface area (Å²) in [5.74, 6) is 0.827. The van der Waals surface area contributed by atoms with Crippen molar-refractivity contribution in [3.63, 3.8) is 0 Å². The molecule has 0 spiro atoms. The Morgan fingerprint density at radius 2 is 1.96 bits per heavy atom. The fourth-order valence-electron chi connectivity index (χ4n) is 3.10. The van der Waals surface area contributed by atoms with Gasteiger partial charge in [-0.1, -0.05) is 13.8 Å². The summed E-state index contributed by atoms with van der Waals surface area (Å²) in [5, 5.41) is 16.9. The highest BCUT2D eigenvalue weighted by molar-refractivity contribution is 7.99. The van der Waals surface area contributed by atoms with Gasteiger partial charge in [0.05, 0.1) is 12.1 Å². The van der Waals surface area contributed by atoms with Crippen molar-refractivity contribution in [1.29, 1.82) is 0 Å². The molecule has 1 aromatic heterocycles. The molecule has 1 aliphatic rings. The molecular formula is C17H27N3O3S. The summed E-state index contributed by atoms with van der Waals surface area (Å²) in [6.07, 6.45) is 1.13. The molecule has 0 aliphatic carbocycles. The molecule has 0 saturated carbocycles. The molecule has 6 nitrogen and oxygen atoms in total. The molecule has 1 aromatic rings. The van der Waals surface area contributed by atoms with Crippen LogP contribution in [0.3, 0.4) is 0 Å². The largest absolute Gasteiger partial charge is 0.480 e. The van der Waals surface area contributed by atoms with Gasteiger partial charge in [0.1, 0.15) is 5.54 Å². The van der Waals surface area contributed by atoms with Crippen LogP contribution in [0.5, 0.6) is 0 Å². The van der Waals surface area contributed by atoms with E-state index < -0.39 is 11.5 Å². The van der Waals surface area contributed by atoms with Gasteiger partial charge in [-0.25, -0.2) is 4.79 Å². The van der Waals surface area contributed by atoms with Gasteiger partial charge in [0.15, 0.2) is 0 Å². The maximum Gasteiger partial charge on any atom is 0.329 e. The molecule has 1 aliphatic heterocycles. The molecule has 0 bridgehead atoms. The number of nitrogens with zero attached hydrogens (tertiary/aromatic N) is 2. The zero-order valence-electron chi connectivity index (χ0n) is 14.9. The third-order valence-electron chi connectivity index (χ3n) is 4.54. The minimum absolute atomic E-state index is 0.179. The lowest BCUT2D eigenvalue weighted by Crippen LogP contribution is -2.56. The topological polar surface area (TPSA) is 84.2 Å². The second kappa shape index (κ2) is 7.59. The number of thioether (sulfide) groups is 1. The normalized spacial score (nSPS) is 17.0. The van der Waals surface area contributed by atoms with Gasteiger partial charge in [-0.2, -0.15) is 16.9 Å². The van der Waals surface area contributed by atoms with E-state index in [1.165, 1.54) is 0 Å². The van der Waals surface area contributed by atoms with Crippen LogP contribution in [-0.4, -0.2) is 43.8 Å². The van der Waals surface area contributed by atoms with Gasteiger partial charge in [0.25, 0.3) is 0 Å². The number of carboxylic acid groups (broad SMARTS) is 1. The van der Waals surface area contributed by atoms with E-state index in [9.17, 15) is 14.7 Å². The first-order valence-corrected chi connectivity index (χ1v) is 9.55. The molecule has 24 heavy (non-hydrogen) atoms. The molecule has 0 aromatic carbocycles. The first kappa shape index (κ1) is 18.8. The lowest BCUT2D eigenvalue weighted by atomic mass is 9.92. The Labute approximate surface area is 147 Å². The Hall–Kier alpha value is -1.50. The molecule has 134 valence electrons. The SMILES string of the molecule is Cc1nn(CC(C)C)c(C)c1CC(=O)NC1(C(=O)O)CCSCC1. The summed E-state index contributed by atoms with van der Waals surface area (Å²) in [4.78, 5) is 24.2. The minimum atomic E-state index is -1.11. The van der Waals surface area contributed by atoms with E-state index in [0.717, 1.165) is 35.0 Å². The first-order chi connectivity index (χ1) is 11.2. The van der Waals surface area contributed by atoms with Crippen LogP contribution in [0, 0.1) is 19.8 Å². The Morgan fingerprint density at radius 1 is 1.33 bits per heavy atom. The molecule has 0 radical (unpaired) electrons. The fourth-order valence-corrected chi connectivity index (χ4v) is 4.29. The highest BCUT2D eigenvalue weighted by Crippen LogP contribution is 2.27. The molecule has 7 heteroatoms. The predicted molar refractivity (Wildman–Crippen MR) is 95.3 cm³/mol. The lowest BCUT2D eigenvalue weighted by Gasteiger charge is -2.33. The predicted octanol–water partition coefficient (Wildman–Crippen LogP) is 2.17. The summed E-state index contributed by atoms with van der Waals surface area (Å²) in [6.45, 7) is 8.93. The first-order valence-electron chi connectivity index (χ1n) is 8.40. The molecule has 2 heterocycles. The number of aryl methyl sites for hydroxylation is 1. The second-order valence-corrected chi connectivity index (χ2v) is 8.17. The number of carbonyl (C=O) groups excluding carboxylic acids is 1. The number of amides is 1. The van der Waals surface area contributed by atoms with E-state index in [-0.39, 0.29) is 12.3 Å². The van der Waals surface area contributed by atoms with Crippen molar-refractivity contribution in [1.82, 2.24) is 15.1 Å². The van der Waals surface area contributed by atoms with Crippen LogP contribution in [0.25, 0.3) is 0 Å². The zero-order valence-corrected chi connectivity index (χ0v) is 15.7. The van der Waals surface area contributed by atoms with E-state index in [0.29, 0.717) is 18.8 Å². The van der Waals surface area contributed by atoms with Crippen molar-refractivity contribution >= 4 is 23.6 Å². The average Bonchev–Trinajstić information content (AvgIpc) is 2.75. The van der Waals surface area contributed by atoms with Crippen LogP contribution in [0.2, 0.25) is 0 Å². The molecule has 1 saturated heterocycles. The highest BCUT2D eigenvalue weighted by atomic mass is 32.2. The number of aliphatic carboxylic acids is 1. The Kier molecular flexibility index (Phi) is 5.96. The Balaban J connectivity index is 2.12. The molecular weight excluding hydrogens is 326 g/mol. The van der Waals surface area contributed by atoms with Crippen molar-refractivity contribution in [2.45, 2.75) is 59.0 Å². The summed E-state index contributed by atoms with van der Waals surface area (Å²) < 4.78 is 1.94. The number of aromatic nitrogens is 2. The third kappa shape index (κ3) is 4.12. The number of hydrogen-bond acceptors (Lipinski definition) is 4. The summed E-state index contributed by atoms with van der Waals surface area (Å²) in [7, 11) is 0. The Morgan fingerprint density at radius 3 is 2.50 bits per heavy atom. The molecule has 0 unspecified atom stereocenters. The molecule has 2 N–H and O–H groups in total. The van der Waals surface area contributed by atoms with Crippen LogP contribution in [0.1, 0.15) is 43.6 Å². The van der Waals surface area contributed by atoms with Crippen molar-refractivity contribution < 1.29 is 14.7 Å². The monoisotopic (exact) mass is 353 g/mol. The summed E-state index contributed by atoms with van der Waals surface area (Å²) >= 11 is 1.73. The highest BCUT2D eigenvalue weighted by Gasteiger charge is 2.41. The maximum atomic E-state index is 12.5. The number of nitrogens with one attached hydrogen (secondary N) is 1. The van der Waals surface area contributed by atoms with Gasteiger partial charge in [-0.3, -0.25) is 9.48 Å². The quantitative estimate of drug-likeness (QED) is 0.819. The van der Waals surface area contributed by atoms with Gasteiger partial charge in [-0.05, 0) is 44.1 Å². The molecule has 0 atom stereocenters. The standard InChI is InChI=1S/C17H27N3O3S/c1-11(2)10-20-13(4)14(12(3)19-20)9-15(21)18-17(16(22)23)5-7-24-8-6-17/h11H,5-10H2,1-4H3,(H,18,21)(H,22,23). The fraction of sp³-hybridized carbons (Fsp3) is 0.706. The number of rotatable bonds is 6. The van der Waals surface area contributed by atoms with Gasteiger partial charge >= 0.3 is 5.97 Å². The summed E-state index contributed by atoms with van der Waals surface area (Å²) in [6, 6.07) is 0. The average molecular weight is 353 g/mol. The van der Waals surface area contributed by atoms with E-state index in [1.54, 1.807) is 11.8 Å². The van der Waals surface area contributed by atoms with Crippen LogP contribution in [0.15, 0.2) is 0 Å². The van der Waals surface area contributed by atoms with Gasteiger partial charge < -0.3 is 10.4 Å². The van der Waals surface area contributed by atoms with E-state index in [2.05, 4.69) is 24.3 Å². The smallest absolute Gasteiger partial charge is 0.329 e. The Bertz CT molecular complexity index is 619. The lowest BCUT2D eigenvalue weighted by molar-refractivity contribution is -0.148. The minimum Gasteiger partial charge on any atom is -0.480 e. The number of hydrogen-bond donors (Lipinski definition) is 2. The third-order valence-corrected chi connectivity index (χ3v) is 5.53. The van der Waals surface area contributed by atoms with Gasteiger partial charge in [-0.15, -0.1) is 0 Å². The second-order valence-electron chi connectivity index (χ2n) is 6.95.